The van der Waals surface area contributed by atoms with E-state index in [1.807, 2.05) is 30.3 Å². The Kier molecular flexibility index (Phi) is 4.62. The fourth-order valence-corrected chi connectivity index (χ4v) is 2.28. The van der Waals surface area contributed by atoms with E-state index in [0.29, 0.717) is 11.3 Å². The smallest absolute Gasteiger partial charge is 0.101 e. The van der Waals surface area contributed by atoms with Crippen molar-refractivity contribution in [3.63, 3.8) is 0 Å². The molecule has 0 unspecified atom stereocenters. The molecule has 0 heterocycles. The lowest BCUT2D eigenvalue weighted by molar-refractivity contribution is 0.768. The summed E-state index contributed by atoms with van der Waals surface area (Å²) >= 11 is 0. The molecule has 0 fully saturated rings. The third-order valence-corrected chi connectivity index (χ3v) is 3.25. The number of nitrogens with zero attached hydrogens (tertiary/aromatic N) is 2. The first-order valence-electron chi connectivity index (χ1n) is 6.83. The lowest BCUT2D eigenvalue weighted by atomic mass is 10.1. The van der Waals surface area contributed by atoms with Gasteiger partial charge in [-0.2, -0.15) is 5.26 Å². The van der Waals surface area contributed by atoms with Gasteiger partial charge in [0, 0.05) is 13.1 Å². The standard InChI is InChI=1S/C17H19N3/c1-2-11-20(13-14-7-4-3-5-8-14)16-10-6-9-15(12-18)17(16)19/h3-10H,2,11,13,19H2,1H3. The molecule has 0 atom stereocenters. The van der Waals surface area contributed by atoms with Crippen LogP contribution in [0.25, 0.3) is 0 Å². The topological polar surface area (TPSA) is 53.0 Å². The molecule has 0 aromatic heterocycles. The van der Waals surface area contributed by atoms with Crippen molar-refractivity contribution in [1.82, 2.24) is 0 Å². The Bertz CT molecular complexity index is 599. The Morgan fingerprint density at radius 2 is 1.85 bits per heavy atom. The molecular formula is C17H19N3. The molecule has 0 bridgehead atoms. The molecule has 0 saturated carbocycles. The zero-order valence-electron chi connectivity index (χ0n) is 11.7. The largest absolute Gasteiger partial charge is 0.396 e. The maximum absolute atomic E-state index is 9.10. The Balaban J connectivity index is 2.32. The average molecular weight is 265 g/mol. The third kappa shape index (κ3) is 3.10. The number of anilines is 2. The summed E-state index contributed by atoms with van der Waals surface area (Å²) in [4.78, 5) is 2.23. The number of nitriles is 1. The highest BCUT2D eigenvalue weighted by Crippen LogP contribution is 2.27. The molecule has 2 aromatic carbocycles. The van der Waals surface area contributed by atoms with Crippen LogP contribution < -0.4 is 10.6 Å². The molecule has 0 aliphatic rings. The summed E-state index contributed by atoms with van der Waals surface area (Å²) in [5.41, 5.74) is 9.40. The molecule has 0 aliphatic heterocycles. The van der Waals surface area contributed by atoms with Crippen molar-refractivity contribution in [2.75, 3.05) is 17.2 Å². The number of nitrogen functional groups attached to an aromatic ring is 1. The van der Waals surface area contributed by atoms with Crippen molar-refractivity contribution in [2.24, 2.45) is 0 Å². The highest BCUT2D eigenvalue weighted by Gasteiger charge is 2.12. The van der Waals surface area contributed by atoms with E-state index in [1.54, 1.807) is 6.07 Å². The summed E-state index contributed by atoms with van der Waals surface area (Å²) in [7, 11) is 0. The molecule has 20 heavy (non-hydrogen) atoms. The maximum atomic E-state index is 9.10. The number of hydrogen-bond donors (Lipinski definition) is 1. The van der Waals surface area contributed by atoms with Crippen molar-refractivity contribution in [1.29, 1.82) is 5.26 Å². The molecule has 0 spiro atoms. The van der Waals surface area contributed by atoms with Crippen LogP contribution in [0, 0.1) is 11.3 Å². The molecule has 2 aromatic rings. The van der Waals surface area contributed by atoms with Gasteiger partial charge in [0.25, 0.3) is 0 Å². The normalized spacial score (nSPS) is 10.0. The second kappa shape index (κ2) is 6.63. The molecule has 3 heteroatoms. The highest BCUT2D eigenvalue weighted by atomic mass is 15.1. The molecule has 2 rings (SSSR count). The zero-order chi connectivity index (χ0) is 14.4. The van der Waals surface area contributed by atoms with E-state index >= 15 is 0 Å². The van der Waals surface area contributed by atoms with Gasteiger partial charge in [0.05, 0.1) is 16.9 Å². The van der Waals surface area contributed by atoms with Gasteiger partial charge in [0.15, 0.2) is 0 Å². The van der Waals surface area contributed by atoms with Gasteiger partial charge in [0.1, 0.15) is 6.07 Å². The second-order valence-corrected chi connectivity index (χ2v) is 4.76. The van der Waals surface area contributed by atoms with E-state index in [4.69, 9.17) is 11.0 Å². The number of hydrogen-bond acceptors (Lipinski definition) is 3. The molecular weight excluding hydrogens is 246 g/mol. The zero-order valence-corrected chi connectivity index (χ0v) is 11.7. The first-order chi connectivity index (χ1) is 9.76. The summed E-state index contributed by atoms with van der Waals surface area (Å²) in [5, 5.41) is 9.10. The predicted molar refractivity (Wildman–Crippen MR) is 83.4 cm³/mol. The summed E-state index contributed by atoms with van der Waals surface area (Å²) in [6.45, 7) is 3.85. The summed E-state index contributed by atoms with van der Waals surface area (Å²) in [5.74, 6) is 0. The fourth-order valence-electron chi connectivity index (χ4n) is 2.28. The fraction of sp³-hybridized carbons (Fsp3) is 0.235. The summed E-state index contributed by atoms with van der Waals surface area (Å²) in [6.07, 6.45) is 1.03. The number of rotatable bonds is 5. The van der Waals surface area contributed by atoms with Crippen LogP contribution in [0.1, 0.15) is 24.5 Å². The first-order valence-corrected chi connectivity index (χ1v) is 6.83. The van der Waals surface area contributed by atoms with Crippen molar-refractivity contribution in [3.8, 4) is 6.07 Å². The molecule has 0 saturated heterocycles. The predicted octanol–water partition coefficient (Wildman–Crippen LogP) is 3.56. The number of nitrogens with two attached hydrogens (primary N) is 1. The van der Waals surface area contributed by atoms with Gasteiger partial charge >= 0.3 is 0 Å². The van der Waals surface area contributed by atoms with E-state index in [9.17, 15) is 0 Å². The Morgan fingerprint density at radius 3 is 2.50 bits per heavy atom. The Hall–Kier alpha value is -2.47. The van der Waals surface area contributed by atoms with Crippen LogP contribution >= 0.6 is 0 Å². The van der Waals surface area contributed by atoms with Crippen LogP contribution in [0.5, 0.6) is 0 Å². The lowest BCUT2D eigenvalue weighted by Gasteiger charge is -2.26. The molecule has 0 amide bonds. The SMILES string of the molecule is CCCN(Cc1ccccc1)c1cccc(C#N)c1N. The van der Waals surface area contributed by atoms with Crippen LogP contribution in [-0.4, -0.2) is 6.54 Å². The lowest BCUT2D eigenvalue weighted by Crippen LogP contribution is -2.24. The van der Waals surface area contributed by atoms with Crippen LogP contribution in [0.2, 0.25) is 0 Å². The van der Waals surface area contributed by atoms with Crippen LogP contribution in [0.4, 0.5) is 11.4 Å². The third-order valence-electron chi connectivity index (χ3n) is 3.25. The second-order valence-electron chi connectivity index (χ2n) is 4.76. The minimum atomic E-state index is 0.539. The van der Waals surface area contributed by atoms with Gasteiger partial charge in [0.2, 0.25) is 0 Å². The van der Waals surface area contributed by atoms with Gasteiger partial charge < -0.3 is 10.6 Å². The minimum absolute atomic E-state index is 0.539. The van der Waals surface area contributed by atoms with Crippen LogP contribution in [0.3, 0.4) is 0 Å². The van der Waals surface area contributed by atoms with E-state index < -0.39 is 0 Å². The minimum Gasteiger partial charge on any atom is -0.396 e. The van der Waals surface area contributed by atoms with Crippen molar-refractivity contribution >= 4 is 11.4 Å². The van der Waals surface area contributed by atoms with E-state index in [-0.39, 0.29) is 0 Å². The molecule has 2 N–H and O–H groups in total. The van der Waals surface area contributed by atoms with Gasteiger partial charge in [-0.1, -0.05) is 43.3 Å². The molecule has 0 aliphatic carbocycles. The summed E-state index contributed by atoms with van der Waals surface area (Å²) < 4.78 is 0. The maximum Gasteiger partial charge on any atom is 0.101 e. The molecule has 102 valence electrons. The van der Waals surface area contributed by atoms with Crippen molar-refractivity contribution < 1.29 is 0 Å². The number of para-hydroxylation sites is 1. The Morgan fingerprint density at radius 1 is 1.10 bits per heavy atom. The molecule has 0 radical (unpaired) electrons. The molecule has 3 nitrogen and oxygen atoms in total. The quantitative estimate of drug-likeness (QED) is 0.841. The highest BCUT2D eigenvalue weighted by molar-refractivity contribution is 5.74. The van der Waals surface area contributed by atoms with E-state index in [2.05, 4.69) is 30.0 Å². The van der Waals surface area contributed by atoms with Gasteiger partial charge in [-0.3, -0.25) is 0 Å². The van der Waals surface area contributed by atoms with Gasteiger partial charge in [-0.25, -0.2) is 0 Å². The van der Waals surface area contributed by atoms with E-state index in [1.165, 1.54) is 5.56 Å². The monoisotopic (exact) mass is 265 g/mol. The van der Waals surface area contributed by atoms with Gasteiger partial charge in [-0.15, -0.1) is 0 Å². The van der Waals surface area contributed by atoms with Crippen molar-refractivity contribution in [3.05, 3.63) is 59.7 Å². The average Bonchev–Trinajstić information content (AvgIpc) is 2.48. The summed E-state index contributed by atoms with van der Waals surface area (Å²) in [6, 6.07) is 18.1. The van der Waals surface area contributed by atoms with E-state index in [0.717, 1.165) is 25.2 Å². The van der Waals surface area contributed by atoms with Crippen molar-refractivity contribution in [2.45, 2.75) is 19.9 Å². The van der Waals surface area contributed by atoms with Crippen LogP contribution in [0.15, 0.2) is 48.5 Å². The van der Waals surface area contributed by atoms with Crippen LogP contribution in [-0.2, 0) is 6.54 Å². The van der Waals surface area contributed by atoms with Gasteiger partial charge in [-0.05, 0) is 24.1 Å². The Labute approximate surface area is 120 Å². The number of benzene rings is 2. The first kappa shape index (κ1) is 14.0.